The van der Waals surface area contributed by atoms with Gasteiger partial charge in [-0.2, -0.15) is 0 Å². The molecule has 0 aliphatic carbocycles. The molecule has 0 saturated heterocycles. The minimum absolute atomic E-state index is 0.305. The van der Waals surface area contributed by atoms with E-state index in [4.69, 9.17) is 5.73 Å². The summed E-state index contributed by atoms with van der Waals surface area (Å²) in [5.74, 6) is -0.305. The molecule has 1 amide bonds. The fourth-order valence-corrected chi connectivity index (χ4v) is 0.525. The second kappa shape index (κ2) is 3.56. The molecule has 0 aromatic rings. The second-order valence-electron chi connectivity index (χ2n) is 2.92. The molecule has 0 spiro atoms. The van der Waals surface area contributed by atoms with E-state index in [9.17, 15) is 4.79 Å². The molecule has 60 valence electrons. The maximum absolute atomic E-state index is 10.7. The molecule has 3 N–H and O–H groups in total. The van der Waals surface area contributed by atoms with Crippen LogP contribution in [0, 0.1) is 0 Å². The number of hydrogen-bond donors (Lipinski definition) is 2. The molecule has 0 aliphatic rings. The molecule has 3 nitrogen and oxygen atoms in total. The van der Waals surface area contributed by atoms with E-state index in [1.54, 1.807) is 13.8 Å². The van der Waals surface area contributed by atoms with Crippen molar-refractivity contribution in [1.29, 1.82) is 0 Å². The van der Waals surface area contributed by atoms with Crippen molar-refractivity contribution >= 4 is 5.91 Å². The van der Waals surface area contributed by atoms with Crippen LogP contribution in [-0.2, 0) is 4.79 Å². The predicted molar refractivity (Wildman–Crippen MR) is 41.6 cm³/mol. The van der Waals surface area contributed by atoms with E-state index in [0.717, 1.165) is 13.0 Å². The first-order chi connectivity index (χ1) is 4.50. The monoisotopic (exact) mass is 144 g/mol. The predicted octanol–water partition coefficient (Wildman–Crippen LogP) is 0.250. The zero-order valence-corrected chi connectivity index (χ0v) is 6.90. The summed E-state index contributed by atoms with van der Waals surface area (Å²) in [7, 11) is 0. The highest BCUT2D eigenvalue weighted by molar-refractivity contribution is 5.83. The van der Waals surface area contributed by atoms with E-state index in [2.05, 4.69) is 5.32 Å². The Morgan fingerprint density at radius 1 is 1.60 bits per heavy atom. The summed E-state index contributed by atoms with van der Waals surface area (Å²) < 4.78 is 0. The minimum atomic E-state index is -0.560. The molecule has 0 radical (unpaired) electrons. The Bertz CT molecular complexity index is 121. The van der Waals surface area contributed by atoms with E-state index in [0.29, 0.717) is 0 Å². The molecule has 0 aromatic heterocycles. The van der Waals surface area contributed by atoms with Gasteiger partial charge in [0.15, 0.2) is 0 Å². The van der Waals surface area contributed by atoms with Gasteiger partial charge in [0.1, 0.15) is 0 Å². The van der Waals surface area contributed by atoms with Crippen LogP contribution in [-0.4, -0.2) is 18.0 Å². The van der Waals surface area contributed by atoms with Gasteiger partial charge >= 0.3 is 0 Å². The SMILES string of the molecule is CCCNC(C)(C)C(N)=O. The summed E-state index contributed by atoms with van der Waals surface area (Å²) in [6.45, 7) is 6.44. The van der Waals surface area contributed by atoms with E-state index < -0.39 is 5.54 Å². The topological polar surface area (TPSA) is 55.1 Å². The van der Waals surface area contributed by atoms with Crippen molar-refractivity contribution in [2.75, 3.05) is 6.54 Å². The number of nitrogens with one attached hydrogen (secondary N) is 1. The number of hydrogen-bond acceptors (Lipinski definition) is 2. The molecule has 0 rings (SSSR count). The van der Waals surface area contributed by atoms with Gasteiger partial charge in [0.25, 0.3) is 0 Å². The highest BCUT2D eigenvalue weighted by atomic mass is 16.1. The molecule has 0 bridgehead atoms. The number of nitrogens with two attached hydrogens (primary N) is 1. The van der Waals surface area contributed by atoms with Crippen LogP contribution in [0.4, 0.5) is 0 Å². The van der Waals surface area contributed by atoms with Crippen molar-refractivity contribution in [3.63, 3.8) is 0 Å². The molecule has 10 heavy (non-hydrogen) atoms. The zero-order chi connectivity index (χ0) is 8.20. The lowest BCUT2D eigenvalue weighted by molar-refractivity contribution is -0.123. The summed E-state index contributed by atoms with van der Waals surface area (Å²) in [5.41, 5.74) is 4.55. The van der Waals surface area contributed by atoms with Crippen LogP contribution in [0.3, 0.4) is 0 Å². The molecule has 0 fully saturated rings. The molecule has 0 saturated carbocycles. The lowest BCUT2D eigenvalue weighted by atomic mass is 10.1. The van der Waals surface area contributed by atoms with Gasteiger partial charge in [0, 0.05) is 0 Å². The summed E-state index contributed by atoms with van der Waals surface area (Å²) >= 11 is 0. The first kappa shape index (κ1) is 9.43. The molecule has 0 aromatic carbocycles. The summed E-state index contributed by atoms with van der Waals surface area (Å²) in [5, 5.41) is 3.03. The fraction of sp³-hybridized carbons (Fsp3) is 0.857. The van der Waals surface area contributed by atoms with Crippen LogP contribution in [0.25, 0.3) is 0 Å². The molecule has 0 heterocycles. The maximum atomic E-state index is 10.7. The quantitative estimate of drug-likeness (QED) is 0.594. The third-order valence-electron chi connectivity index (χ3n) is 1.43. The largest absolute Gasteiger partial charge is 0.368 e. The first-order valence-electron chi connectivity index (χ1n) is 3.55. The Kier molecular flexibility index (Phi) is 3.36. The summed E-state index contributed by atoms with van der Waals surface area (Å²) in [4.78, 5) is 10.7. The van der Waals surface area contributed by atoms with Crippen molar-refractivity contribution in [3.05, 3.63) is 0 Å². The van der Waals surface area contributed by atoms with Gasteiger partial charge in [-0.15, -0.1) is 0 Å². The average Bonchev–Trinajstić information content (AvgIpc) is 1.84. The number of rotatable bonds is 4. The van der Waals surface area contributed by atoms with Crippen LogP contribution in [0.2, 0.25) is 0 Å². The van der Waals surface area contributed by atoms with Crippen LogP contribution in [0.1, 0.15) is 27.2 Å². The first-order valence-corrected chi connectivity index (χ1v) is 3.55. The van der Waals surface area contributed by atoms with Crippen molar-refractivity contribution in [3.8, 4) is 0 Å². The Morgan fingerprint density at radius 2 is 2.10 bits per heavy atom. The zero-order valence-electron chi connectivity index (χ0n) is 6.90. The van der Waals surface area contributed by atoms with Gasteiger partial charge in [-0.3, -0.25) is 4.79 Å². The Labute approximate surface area is 62.0 Å². The Hall–Kier alpha value is -0.570. The number of carbonyl (C=O) groups excluding carboxylic acids is 1. The Morgan fingerprint density at radius 3 is 2.40 bits per heavy atom. The molecular formula is C7H16N2O. The molecular weight excluding hydrogens is 128 g/mol. The van der Waals surface area contributed by atoms with E-state index in [-0.39, 0.29) is 5.91 Å². The minimum Gasteiger partial charge on any atom is -0.368 e. The maximum Gasteiger partial charge on any atom is 0.237 e. The standard InChI is InChI=1S/C7H16N2O/c1-4-5-9-7(2,3)6(8)10/h9H,4-5H2,1-3H3,(H2,8,10). The van der Waals surface area contributed by atoms with Crippen molar-refractivity contribution in [2.24, 2.45) is 5.73 Å². The van der Waals surface area contributed by atoms with Gasteiger partial charge in [0.05, 0.1) is 5.54 Å². The second-order valence-corrected chi connectivity index (χ2v) is 2.92. The van der Waals surface area contributed by atoms with Crippen LogP contribution in [0.5, 0.6) is 0 Å². The van der Waals surface area contributed by atoms with Crippen molar-refractivity contribution in [2.45, 2.75) is 32.7 Å². The van der Waals surface area contributed by atoms with Crippen LogP contribution in [0.15, 0.2) is 0 Å². The van der Waals surface area contributed by atoms with Crippen LogP contribution >= 0.6 is 0 Å². The van der Waals surface area contributed by atoms with Gasteiger partial charge < -0.3 is 11.1 Å². The fourth-order valence-electron chi connectivity index (χ4n) is 0.525. The van der Waals surface area contributed by atoms with Crippen molar-refractivity contribution in [1.82, 2.24) is 5.32 Å². The lowest BCUT2D eigenvalue weighted by Crippen LogP contribution is -2.50. The molecule has 0 unspecified atom stereocenters. The van der Waals surface area contributed by atoms with E-state index in [1.807, 2.05) is 6.92 Å². The third kappa shape index (κ3) is 2.82. The van der Waals surface area contributed by atoms with Crippen molar-refractivity contribution < 1.29 is 4.79 Å². The Balaban J connectivity index is 3.75. The third-order valence-corrected chi connectivity index (χ3v) is 1.43. The van der Waals surface area contributed by atoms with Gasteiger partial charge in [-0.1, -0.05) is 6.92 Å². The normalized spacial score (nSPS) is 11.5. The number of carbonyl (C=O) groups is 1. The molecule has 0 aliphatic heterocycles. The highest BCUT2D eigenvalue weighted by Gasteiger charge is 2.22. The molecule has 0 atom stereocenters. The smallest absolute Gasteiger partial charge is 0.237 e. The van der Waals surface area contributed by atoms with E-state index in [1.165, 1.54) is 0 Å². The average molecular weight is 144 g/mol. The summed E-state index contributed by atoms with van der Waals surface area (Å²) in [6, 6.07) is 0. The van der Waals surface area contributed by atoms with Gasteiger partial charge in [-0.25, -0.2) is 0 Å². The van der Waals surface area contributed by atoms with E-state index >= 15 is 0 Å². The van der Waals surface area contributed by atoms with Gasteiger partial charge in [-0.05, 0) is 26.8 Å². The lowest BCUT2D eigenvalue weighted by Gasteiger charge is -2.21. The number of primary amides is 1. The summed E-state index contributed by atoms with van der Waals surface area (Å²) in [6.07, 6.45) is 1.01. The van der Waals surface area contributed by atoms with Gasteiger partial charge in [0.2, 0.25) is 5.91 Å². The molecule has 3 heteroatoms. The highest BCUT2D eigenvalue weighted by Crippen LogP contribution is 1.98. The number of amides is 1. The van der Waals surface area contributed by atoms with Crippen LogP contribution < -0.4 is 11.1 Å².